The normalized spacial score (nSPS) is 12.8. The molecule has 1 unspecified atom stereocenters. The minimum absolute atomic E-state index is 0.278. The van der Waals surface area contributed by atoms with Crippen LogP contribution < -0.4 is 0 Å². The van der Waals surface area contributed by atoms with Crippen molar-refractivity contribution in [3.05, 3.63) is 55.7 Å². The molecule has 16 heavy (non-hydrogen) atoms. The van der Waals surface area contributed by atoms with Crippen molar-refractivity contribution < 1.29 is 0 Å². The Hall–Kier alpha value is -0.210. The predicted octanol–water partition coefficient (Wildman–Crippen LogP) is 5.69. The van der Waals surface area contributed by atoms with Gasteiger partial charge in [-0.25, -0.2) is 0 Å². The molecule has 0 bridgehead atoms. The molecule has 0 amide bonds. The van der Waals surface area contributed by atoms with Gasteiger partial charge in [-0.1, -0.05) is 29.3 Å². The van der Waals surface area contributed by atoms with Gasteiger partial charge in [-0.15, -0.1) is 22.9 Å². The van der Waals surface area contributed by atoms with E-state index in [1.54, 1.807) is 23.5 Å². The molecule has 84 valence electrons. The topological polar surface area (TPSA) is 0 Å². The lowest BCUT2D eigenvalue weighted by atomic mass is 10.1. The van der Waals surface area contributed by atoms with Gasteiger partial charge < -0.3 is 0 Å². The Morgan fingerprint density at radius 2 is 1.69 bits per heavy atom. The van der Waals surface area contributed by atoms with Crippen molar-refractivity contribution in [2.24, 2.45) is 0 Å². The van der Waals surface area contributed by atoms with Crippen molar-refractivity contribution in [3.8, 4) is 0 Å². The average Bonchev–Trinajstić information content (AvgIpc) is 2.64. The molecule has 0 fully saturated rings. The summed E-state index contributed by atoms with van der Waals surface area (Å²) < 4.78 is 0. The maximum atomic E-state index is 6.40. The Morgan fingerprint density at radius 3 is 2.19 bits per heavy atom. The molecule has 0 nitrogen and oxygen atoms in total. The summed E-state index contributed by atoms with van der Waals surface area (Å²) in [6, 6.07) is 9.48. The van der Waals surface area contributed by atoms with Crippen LogP contribution in [-0.2, 0) is 0 Å². The van der Waals surface area contributed by atoms with Crippen LogP contribution in [0, 0.1) is 6.92 Å². The fourth-order valence-corrected chi connectivity index (χ4v) is 3.52. The zero-order chi connectivity index (χ0) is 11.7. The van der Waals surface area contributed by atoms with Crippen molar-refractivity contribution >= 4 is 46.1 Å². The number of hydrogen-bond acceptors (Lipinski definition) is 1. The summed E-state index contributed by atoms with van der Waals surface area (Å²) in [5.41, 5.74) is 0.786. The van der Waals surface area contributed by atoms with Crippen LogP contribution >= 0.6 is 46.1 Å². The number of aryl methyl sites for hydroxylation is 1. The molecule has 0 spiro atoms. The SMILES string of the molecule is Cc1ccc(C(Cl)c2c(Cl)cccc2Cl)s1. The summed E-state index contributed by atoms with van der Waals surface area (Å²) >= 11 is 20.3. The van der Waals surface area contributed by atoms with E-state index >= 15 is 0 Å². The molecule has 1 atom stereocenters. The van der Waals surface area contributed by atoms with Crippen LogP contribution in [-0.4, -0.2) is 0 Å². The summed E-state index contributed by atoms with van der Waals surface area (Å²) in [6.45, 7) is 2.05. The fraction of sp³-hybridized carbons (Fsp3) is 0.167. The van der Waals surface area contributed by atoms with Crippen molar-refractivity contribution in [2.75, 3.05) is 0 Å². The fourth-order valence-electron chi connectivity index (χ4n) is 1.48. The Morgan fingerprint density at radius 1 is 1.06 bits per heavy atom. The molecule has 0 aliphatic heterocycles. The Labute approximate surface area is 114 Å². The molecule has 2 rings (SSSR count). The van der Waals surface area contributed by atoms with Gasteiger partial charge in [-0.3, -0.25) is 0 Å². The van der Waals surface area contributed by atoms with Crippen molar-refractivity contribution in [3.63, 3.8) is 0 Å². The Kier molecular flexibility index (Phi) is 3.81. The van der Waals surface area contributed by atoms with E-state index in [2.05, 4.69) is 0 Å². The van der Waals surface area contributed by atoms with E-state index in [0.717, 1.165) is 10.4 Å². The van der Waals surface area contributed by atoms with Crippen LogP contribution in [0.15, 0.2) is 30.3 Å². The molecule has 1 aromatic heterocycles. The standard InChI is InChI=1S/C12H9Cl3S/c1-7-5-6-10(16-7)12(15)11-8(13)3-2-4-9(11)14/h2-6,12H,1H3. The first-order chi connectivity index (χ1) is 7.59. The molecular formula is C12H9Cl3S. The highest BCUT2D eigenvalue weighted by Gasteiger charge is 2.18. The number of halogens is 3. The maximum absolute atomic E-state index is 6.40. The number of benzene rings is 1. The molecule has 2 aromatic rings. The first-order valence-electron chi connectivity index (χ1n) is 4.74. The summed E-state index contributed by atoms with van der Waals surface area (Å²) in [6.07, 6.45) is 0. The lowest BCUT2D eigenvalue weighted by Crippen LogP contribution is -1.92. The zero-order valence-corrected chi connectivity index (χ0v) is 11.6. The van der Waals surface area contributed by atoms with Gasteiger partial charge >= 0.3 is 0 Å². The highest BCUT2D eigenvalue weighted by atomic mass is 35.5. The Balaban J connectivity index is 2.45. The molecule has 0 N–H and O–H groups in total. The highest BCUT2D eigenvalue weighted by molar-refractivity contribution is 7.12. The summed E-state index contributed by atoms with van der Waals surface area (Å²) in [4.78, 5) is 2.29. The van der Waals surface area contributed by atoms with E-state index in [9.17, 15) is 0 Å². The van der Waals surface area contributed by atoms with Gasteiger partial charge in [-0.2, -0.15) is 0 Å². The summed E-state index contributed by atoms with van der Waals surface area (Å²) in [7, 11) is 0. The van der Waals surface area contributed by atoms with E-state index < -0.39 is 0 Å². The van der Waals surface area contributed by atoms with Crippen LogP contribution in [0.25, 0.3) is 0 Å². The van der Waals surface area contributed by atoms with Gasteiger partial charge in [0, 0.05) is 25.4 Å². The number of thiophene rings is 1. The molecule has 0 saturated carbocycles. The minimum Gasteiger partial charge on any atom is -0.144 e. The largest absolute Gasteiger partial charge is 0.144 e. The van der Waals surface area contributed by atoms with Crippen LogP contribution in [0.1, 0.15) is 20.7 Å². The summed E-state index contributed by atoms with van der Waals surface area (Å²) in [5, 5.41) is 0.942. The first kappa shape index (κ1) is 12.3. The second kappa shape index (κ2) is 4.97. The molecule has 4 heteroatoms. The van der Waals surface area contributed by atoms with Gasteiger partial charge in [0.05, 0.1) is 5.38 Å². The van der Waals surface area contributed by atoms with E-state index in [0.29, 0.717) is 10.0 Å². The van der Waals surface area contributed by atoms with Crippen LogP contribution in [0.4, 0.5) is 0 Å². The lowest BCUT2D eigenvalue weighted by Gasteiger charge is -2.11. The van der Waals surface area contributed by atoms with Crippen LogP contribution in [0.2, 0.25) is 10.0 Å². The van der Waals surface area contributed by atoms with Gasteiger partial charge in [0.2, 0.25) is 0 Å². The minimum atomic E-state index is -0.278. The Bertz CT molecular complexity index is 484. The lowest BCUT2D eigenvalue weighted by molar-refractivity contribution is 1.18. The molecule has 0 saturated heterocycles. The van der Waals surface area contributed by atoms with Gasteiger partial charge in [0.15, 0.2) is 0 Å². The molecular weight excluding hydrogens is 283 g/mol. The van der Waals surface area contributed by atoms with Crippen LogP contribution in [0.3, 0.4) is 0 Å². The van der Waals surface area contributed by atoms with Gasteiger partial charge in [-0.05, 0) is 31.2 Å². The van der Waals surface area contributed by atoms with Gasteiger partial charge in [0.25, 0.3) is 0 Å². The maximum Gasteiger partial charge on any atom is 0.0956 e. The molecule has 0 aliphatic carbocycles. The number of hydrogen-bond donors (Lipinski definition) is 0. The molecule has 0 radical (unpaired) electrons. The van der Waals surface area contributed by atoms with E-state index in [4.69, 9.17) is 34.8 Å². The smallest absolute Gasteiger partial charge is 0.0956 e. The molecule has 1 heterocycles. The van der Waals surface area contributed by atoms with Crippen LogP contribution in [0.5, 0.6) is 0 Å². The quantitative estimate of drug-likeness (QED) is 0.623. The second-order valence-corrected chi connectivity index (χ2v) is 6.02. The van der Waals surface area contributed by atoms with E-state index in [1.807, 2.05) is 25.1 Å². The third kappa shape index (κ3) is 2.38. The predicted molar refractivity (Wildman–Crippen MR) is 73.2 cm³/mol. The molecule has 1 aromatic carbocycles. The average molecular weight is 292 g/mol. The number of rotatable bonds is 2. The van der Waals surface area contributed by atoms with Crippen molar-refractivity contribution in [2.45, 2.75) is 12.3 Å². The summed E-state index contributed by atoms with van der Waals surface area (Å²) in [5.74, 6) is 0. The first-order valence-corrected chi connectivity index (χ1v) is 6.75. The highest BCUT2D eigenvalue weighted by Crippen LogP contribution is 2.40. The second-order valence-electron chi connectivity index (χ2n) is 3.45. The van der Waals surface area contributed by atoms with Gasteiger partial charge in [0.1, 0.15) is 0 Å². The third-order valence-corrected chi connectivity index (χ3v) is 4.57. The monoisotopic (exact) mass is 290 g/mol. The zero-order valence-electron chi connectivity index (χ0n) is 8.51. The third-order valence-electron chi connectivity index (χ3n) is 2.26. The van der Waals surface area contributed by atoms with Crippen molar-refractivity contribution in [1.29, 1.82) is 0 Å². The van der Waals surface area contributed by atoms with Crippen molar-refractivity contribution in [1.82, 2.24) is 0 Å². The van der Waals surface area contributed by atoms with E-state index in [1.165, 1.54) is 4.88 Å². The number of alkyl halides is 1. The molecule has 0 aliphatic rings. The van der Waals surface area contributed by atoms with E-state index in [-0.39, 0.29) is 5.38 Å².